The number of carbonyl (C=O) groups is 1. The molecule has 2 aromatic carbocycles. The van der Waals surface area contributed by atoms with E-state index in [0.29, 0.717) is 25.1 Å². The number of hydrogen-bond acceptors (Lipinski definition) is 5. The van der Waals surface area contributed by atoms with Gasteiger partial charge in [0.05, 0.1) is 13.0 Å². The molecule has 2 aromatic rings. The average molecular weight is 400 g/mol. The molecule has 6 heteroatoms. The first-order valence-electron chi connectivity index (χ1n) is 9.73. The second-order valence-electron chi connectivity index (χ2n) is 6.90. The highest BCUT2D eigenvalue weighted by Crippen LogP contribution is 2.40. The Balaban J connectivity index is 1.35. The Bertz CT molecular complexity index is 824. The Kier molecular flexibility index (Phi) is 5.95. The predicted molar refractivity (Wildman–Crippen MR) is 110 cm³/mol. The van der Waals surface area contributed by atoms with Crippen molar-refractivity contribution in [1.82, 2.24) is 4.90 Å². The normalized spacial score (nSPS) is 18.6. The molecule has 0 radical (unpaired) electrons. The Morgan fingerprint density at radius 3 is 2.79 bits per heavy atom. The van der Waals surface area contributed by atoms with Gasteiger partial charge >= 0.3 is 0 Å². The molecule has 0 saturated carbocycles. The first-order chi connectivity index (χ1) is 13.7. The molecular formula is C22H25NO4S. The second-order valence-corrected chi connectivity index (χ2v) is 8.21. The summed E-state index contributed by atoms with van der Waals surface area (Å²) in [5.74, 6) is 3.61. The quantitative estimate of drug-likeness (QED) is 0.759. The Hall–Kier alpha value is -2.34. The first-order valence-corrected chi connectivity index (χ1v) is 10.8. The van der Waals surface area contributed by atoms with Gasteiger partial charge in [0, 0.05) is 24.1 Å². The molecule has 1 unspecified atom stereocenters. The van der Waals surface area contributed by atoms with E-state index in [2.05, 4.69) is 12.1 Å². The standard InChI is InChI=1S/C22H25NO4S/c1-2-25-18-6-3-16(4-7-18)13-22(24)23-10-9-21(28-12-11-23)17-5-8-19-20(14-17)27-15-26-19/h3-8,14,21H,2,9-13,15H2,1H3. The van der Waals surface area contributed by atoms with E-state index in [1.807, 2.05) is 53.9 Å². The SMILES string of the molecule is CCOc1ccc(CC(=O)N2CCSC(c3ccc4c(c3)OCO4)CC2)cc1. The Morgan fingerprint density at radius 1 is 1.14 bits per heavy atom. The monoisotopic (exact) mass is 399 g/mol. The molecule has 0 N–H and O–H groups in total. The van der Waals surface area contributed by atoms with E-state index in [4.69, 9.17) is 14.2 Å². The highest BCUT2D eigenvalue weighted by molar-refractivity contribution is 7.99. The maximum Gasteiger partial charge on any atom is 0.231 e. The largest absolute Gasteiger partial charge is 0.494 e. The third-order valence-electron chi connectivity index (χ3n) is 5.05. The zero-order chi connectivity index (χ0) is 19.3. The van der Waals surface area contributed by atoms with Gasteiger partial charge in [0.25, 0.3) is 0 Å². The molecule has 2 aliphatic rings. The number of amides is 1. The van der Waals surface area contributed by atoms with Crippen molar-refractivity contribution in [3.8, 4) is 17.2 Å². The second kappa shape index (κ2) is 8.78. The third-order valence-corrected chi connectivity index (χ3v) is 6.38. The Morgan fingerprint density at radius 2 is 1.96 bits per heavy atom. The van der Waals surface area contributed by atoms with Crippen LogP contribution in [0, 0.1) is 0 Å². The fourth-order valence-electron chi connectivity index (χ4n) is 3.56. The maximum atomic E-state index is 12.8. The highest BCUT2D eigenvalue weighted by atomic mass is 32.2. The summed E-state index contributed by atoms with van der Waals surface area (Å²) in [6.07, 6.45) is 1.38. The lowest BCUT2D eigenvalue weighted by molar-refractivity contribution is -0.130. The van der Waals surface area contributed by atoms with Gasteiger partial charge in [0.1, 0.15) is 5.75 Å². The van der Waals surface area contributed by atoms with Crippen molar-refractivity contribution in [2.75, 3.05) is 32.2 Å². The van der Waals surface area contributed by atoms with E-state index < -0.39 is 0 Å². The predicted octanol–water partition coefficient (Wildman–Crippen LogP) is 4.06. The molecule has 2 heterocycles. The van der Waals surface area contributed by atoms with Crippen LogP contribution in [0.3, 0.4) is 0 Å². The molecule has 1 saturated heterocycles. The van der Waals surface area contributed by atoms with Crippen LogP contribution in [0.25, 0.3) is 0 Å². The number of nitrogens with zero attached hydrogens (tertiary/aromatic N) is 1. The lowest BCUT2D eigenvalue weighted by Crippen LogP contribution is -2.34. The summed E-state index contributed by atoms with van der Waals surface area (Å²) in [7, 11) is 0. The van der Waals surface area contributed by atoms with Crippen LogP contribution >= 0.6 is 11.8 Å². The third kappa shape index (κ3) is 4.38. The van der Waals surface area contributed by atoms with Gasteiger partial charge in [-0.15, -0.1) is 0 Å². The summed E-state index contributed by atoms with van der Waals surface area (Å²) in [6, 6.07) is 14.0. The first kappa shape index (κ1) is 19.0. The summed E-state index contributed by atoms with van der Waals surface area (Å²) in [5.41, 5.74) is 2.27. The minimum atomic E-state index is 0.191. The van der Waals surface area contributed by atoms with Crippen LogP contribution in [0.1, 0.15) is 29.7 Å². The van der Waals surface area contributed by atoms with Gasteiger partial charge in [0.15, 0.2) is 11.5 Å². The lowest BCUT2D eigenvalue weighted by Gasteiger charge is -2.20. The maximum absolute atomic E-state index is 12.8. The number of benzene rings is 2. The molecule has 4 rings (SSSR count). The van der Waals surface area contributed by atoms with E-state index >= 15 is 0 Å². The van der Waals surface area contributed by atoms with Crippen LogP contribution in [0.15, 0.2) is 42.5 Å². The molecule has 1 amide bonds. The van der Waals surface area contributed by atoms with E-state index in [1.165, 1.54) is 5.56 Å². The lowest BCUT2D eigenvalue weighted by atomic mass is 10.1. The molecule has 0 aliphatic carbocycles. The van der Waals surface area contributed by atoms with E-state index in [-0.39, 0.29) is 5.91 Å². The van der Waals surface area contributed by atoms with Gasteiger partial charge in [-0.1, -0.05) is 18.2 Å². The number of carbonyl (C=O) groups excluding carboxylic acids is 1. The van der Waals surface area contributed by atoms with Crippen molar-refractivity contribution in [2.45, 2.75) is 25.0 Å². The smallest absolute Gasteiger partial charge is 0.231 e. The minimum Gasteiger partial charge on any atom is -0.494 e. The molecule has 0 bridgehead atoms. The van der Waals surface area contributed by atoms with Crippen LogP contribution in [0.2, 0.25) is 0 Å². The molecule has 1 fully saturated rings. The van der Waals surface area contributed by atoms with Crippen molar-refractivity contribution in [1.29, 1.82) is 0 Å². The number of ether oxygens (including phenoxy) is 3. The van der Waals surface area contributed by atoms with Crippen molar-refractivity contribution in [2.24, 2.45) is 0 Å². The molecule has 148 valence electrons. The molecule has 28 heavy (non-hydrogen) atoms. The highest BCUT2D eigenvalue weighted by Gasteiger charge is 2.24. The van der Waals surface area contributed by atoms with E-state index in [0.717, 1.165) is 48.1 Å². The fraction of sp³-hybridized carbons (Fsp3) is 0.409. The van der Waals surface area contributed by atoms with Crippen LogP contribution in [0.4, 0.5) is 0 Å². The summed E-state index contributed by atoms with van der Waals surface area (Å²) in [6.45, 7) is 4.48. The molecule has 5 nitrogen and oxygen atoms in total. The zero-order valence-electron chi connectivity index (χ0n) is 16.1. The molecular weight excluding hydrogens is 374 g/mol. The summed E-state index contributed by atoms with van der Waals surface area (Å²) >= 11 is 1.91. The van der Waals surface area contributed by atoms with E-state index in [9.17, 15) is 4.79 Å². The minimum absolute atomic E-state index is 0.191. The zero-order valence-corrected chi connectivity index (χ0v) is 16.9. The van der Waals surface area contributed by atoms with Crippen molar-refractivity contribution in [3.05, 3.63) is 53.6 Å². The number of rotatable bonds is 5. The van der Waals surface area contributed by atoms with Gasteiger partial charge < -0.3 is 19.1 Å². The molecule has 1 atom stereocenters. The summed E-state index contributed by atoms with van der Waals surface area (Å²) < 4.78 is 16.4. The Labute approximate surface area is 170 Å². The van der Waals surface area contributed by atoms with E-state index in [1.54, 1.807) is 0 Å². The molecule has 0 aromatic heterocycles. The average Bonchev–Trinajstić information content (AvgIpc) is 3.04. The molecule has 2 aliphatic heterocycles. The van der Waals surface area contributed by atoms with Gasteiger partial charge in [0.2, 0.25) is 12.7 Å². The van der Waals surface area contributed by atoms with Gasteiger partial charge in [-0.3, -0.25) is 4.79 Å². The number of thioether (sulfide) groups is 1. The van der Waals surface area contributed by atoms with Crippen LogP contribution in [0.5, 0.6) is 17.2 Å². The number of fused-ring (bicyclic) bond motifs is 1. The van der Waals surface area contributed by atoms with Crippen LogP contribution in [-0.2, 0) is 11.2 Å². The van der Waals surface area contributed by atoms with Crippen LogP contribution in [-0.4, -0.2) is 43.0 Å². The van der Waals surface area contributed by atoms with Gasteiger partial charge in [-0.25, -0.2) is 0 Å². The summed E-state index contributed by atoms with van der Waals surface area (Å²) in [5, 5.41) is 0.373. The number of hydrogen-bond donors (Lipinski definition) is 0. The molecule has 0 spiro atoms. The summed E-state index contributed by atoms with van der Waals surface area (Å²) in [4.78, 5) is 14.8. The van der Waals surface area contributed by atoms with Crippen molar-refractivity contribution >= 4 is 17.7 Å². The topological polar surface area (TPSA) is 48.0 Å². The van der Waals surface area contributed by atoms with Crippen molar-refractivity contribution < 1.29 is 19.0 Å². The van der Waals surface area contributed by atoms with Gasteiger partial charge in [-0.2, -0.15) is 11.8 Å². The van der Waals surface area contributed by atoms with Crippen LogP contribution < -0.4 is 14.2 Å². The fourth-order valence-corrected chi connectivity index (χ4v) is 4.78. The van der Waals surface area contributed by atoms with Crippen molar-refractivity contribution in [3.63, 3.8) is 0 Å². The van der Waals surface area contributed by atoms with Gasteiger partial charge in [-0.05, 0) is 48.7 Å².